The molecular weight excluding hydrogens is 428 g/mol. The molecule has 0 radical (unpaired) electrons. The van der Waals surface area contributed by atoms with E-state index in [1.807, 2.05) is 19.9 Å². The number of rotatable bonds is 7. The summed E-state index contributed by atoms with van der Waals surface area (Å²) in [6.45, 7) is 4.53. The third kappa shape index (κ3) is 4.53. The first kappa shape index (κ1) is 23.8. The molecule has 0 aromatic carbocycles. The standard InChI is InChI=1S/C20H27F2N5O5/c1-20(2)11-8-27(19(32)18(31)26-17(30)14(21)22)13(12(11)20)16(29)25-10(7-23)6-9-4-3-5-24-15(9)28/h9-14,18,31H,3-6,8H2,1-2H3,(H,24,28)(H,25,29)(H,26,30)/t9-,10+,11-,12-,13-,18-/m0/s1. The van der Waals surface area contributed by atoms with Crippen LogP contribution in [-0.4, -0.2) is 71.5 Å². The molecule has 4 amide bonds. The van der Waals surface area contributed by atoms with Crippen LogP contribution in [0, 0.1) is 34.5 Å². The lowest BCUT2D eigenvalue weighted by Crippen LogP contribution is -2.57. The lowest BCUT2D eigenvalue weighted by molar-refractivity contribution is -0.152. The number of carbonyl (C=O) groups excluding carboxylic acids is 4. The zero-order valence-corrected chi connectivity index (χ0v) is 17.8. The number of hydrogen-bond donors (Lipinski definition) is 4. The van der Waals surface area contributed by atoms with E-state index in [2.05, 4.69) is 10.6 Å². The summed E-state index contributed by atoms with van der Waals surface area (Å²) in [5, 5.41) is 26.2. The third-order valence-corrected chi connectivity index (χ3v) is 6.86. The van der Waals surface area contributed by atoms with E-state index in [0.717, 1.165) is 11.3 Å². The van der Waals surface area contributed by atoms with Gasteiger partial charge in [-0.2, -0.15) is 14.0 Å². The third-order valence-electron chi connectivity index (χ3n) is 6.86. The van der Waals surface area contributed by atoms with Gasteiger partial charge < -0.3 is 26.0 Å². The summed E-state index contributed by atoms with van der Waals surface area (Å²) >= 11 is 0. The predicted octanol–water partition coefficient (Wildman–Crippen LogP) is -0.906. The minimum atomic E-state index is -3.41. The molecule has 2 aliphatic heterocycles. The fourth-order valence-electron chi connectivity index (χ4n) is 4.98. The van der Waals surface area contributed by atoms with Crippen LogP contribution in [0.15, 0.2) is 0 Å². The Morgan fingerprint density at radius 3 is 2.62 bits per heavy atom. The molecule has 4 N–H and O–H groups in total. The fraction of sp³-hybridized carbons (Fsp3) is 0.750. The molecule has 2 saturated heterocycles. The van der Waals surface area contributed by atoms with Crippen molar-refractivity contribution in [1.29, 1.82) is 5.26 Å². The van der Waals surface area contributed by atoms with Gasteiger partial charge in [-0.25, -0.2) is 0 Å². The molecular formula is C20H27F2N5O5. The van der Waals surface area contributed by atoms with Crippen LogP contribution in [0.2, 0.25) is 0 Å². The summed E-state index contributed by atoms with van der Waals surface area (Å²) < 4.78 is 24.9. The first-order valence-electron chi connectivity index (χ1n) is 10.5. The zero-order chi connectivity index (χ0) is 23.8. The first-order chi connectivity index (χ1) is 15.0. The first-order valence-corrected chi connectivity index (χ1v) is 10.5. The van der Waals surface area contributed by atoms with Crippen LogP contribution in [0.3, 0.4) is 0 Å². The Kier molecular flexibility index (Phi) is 6.69. The molecule has 3 aliphatic rings. The summed E-state index contributed by atoms with van der Waals surface area (Å²) in [6, 6.07) is -0.0177. The average Bonchev–Trinajstić information content (AvgIpc) is 3.08. The van der Waals surface area contributed by atoms with Crippen LogP contribution in [-0.2, 0) is 19.2 Å². The summed E-state index contributed by atoms with van der Waals surface area (Å²) in [7, 11) is 0. The van der Waals surface area contributed by atoms with Gasteiger partial charge in [0, 0.05) is 19.0 Å². The van der Waals surface area contributed by atoms with Crippen LogP contribution in [0.1, 0.15) is 33.1 Å². The highest BCUT2D eigenvalue weighted by Crippen LogP contribution is 2.64. The Balaban J connectivity index is 1.69. The van der Waals surface area contributed by atoms with Crippen molar-refractivity contribution in [1.82, 2.24) is 20.9 Å². The van der Waals surface area contributed by atoms with Crippen molar-refractivity contribution < 1.29 is 33.1 Å². The van der Waals surface area contributed by atoms with Crippen molar-refractivity contribution in [3.63, 3.8) is 0 Å². The van der Waals surface area contributed by atoms with Crippen molar-refractivity contribution in [3.8, 4) is 6.07 Å². The second-order valence-electron chi connectivity index (χ2n) is 9.16. The van der Waals surface area contributed by atoms with Crippen LogP contribution >= 0.6 is 0 Å². The largest absolute Gasteiger partial charge is 0.365 e. The Morgan fingerprint density at radius 1 is 1.34 bits per heavy atom. The van der Waals surface area contributed by atoms with Gasteiger partial charge in [0.1, 0.15) is 12.1 Å². The summed E-state index contributed by atoms with van der Waals surface area (Å²) in [4.78, 5) is 49.9. The molecule has 3 fully saturated rings. The Labute approximate surface area is 183 Å². The summed E-state index contributed by atoms with van der Waals surface area (Å²) in [5.41, 5.74) is -0.263. The molecule has 0 unspecified atom stereocenters. The molecule has 2 heterocycles. The van der Waals surface area contributed by atoms with Gasteiger partial charge in [-0.3, -0.25) is 19.2 Å². The van der Waals surface area contributed by atoms with Crippen LogP contribution in [0.25, 0.3) is 0 Å². The van der Waals surface area contributed by atoms with E-state index in [9.17, 15) is 38.3 Å². The Bertz CT molecular complexity index is 845. The van der Waals surface area contributed by atoms with E-state index in [0.29, 0.717) is 13.0 Å². The maximum Gasteiger partial charge on any atom is 0.315 e. The number of piperidine rings is 2. The molecule has 1 saturated carbocycles. The Morgan fingerprint density at radius 2 is 2.03 bits per heavy atom. The highest BCUT2D eigenvalue weighted by Gasteiger charge is 2.69. The van der Waals surface area contributed by atoms with Crippen LogP contribution in [0.4, 0.5) is 8.78 Å². The van der Waals surface area contributed by atoms with E-state index in [1.54, 1.807) is 0 Å². The number of alkyl halides is 2. The summed E-state index contributed by atoms with van der Waals surface area (Å²) in [5.74, 6) is -4.37. The van der Waals surface area contributed by atoms with Gasteiger partial charge in [0.15, 0.2) is 0 Å². The van der Waals surface area contributed by atoms with Gasteiger partial charge in [0.25, 0.3) is 11.8 Å². The summed E-state index contributed by atoms with van der Waals surface area (Å²) in [6.07, 6.45) is -4.13. The van der Waals surface area contributed by atoms with Crippen molar-refractivity contribution in [2.75, 3.05) is 13.1 Å². The molecule has 10 nitrogen and oxygen atoms in total. The number of nitrogens with one attached hydrogen (secondary N) is 3. The normalized spacial score (nSPS) is 29.9. The van der Waals surface area contributed by atoms with Gasteiger partial charge in [-0.1, -0.05) is 13.8 Å². The number of nitriles is 1. The van der Waals surface area contributed by atoms with Crippen molar-refractivity contribution in [3.05, 3.63) is 0 Å². The molecule has 0 spiro atoms. The minimum Gasteiger partial charge on any atom is -0.365 e. The number of aliphatic hydroxyl groups excluding tert-OH is 1. The van der Waals surface area contributed by atoms with E-state index in [4.69, 9.17) is 0 Å². The molecule has 1 aliphatic carbocycles. The maximum atomic E-state index is 13.1. The van der Waals surface area contributed by atoms with E-state index >= 15 is 0 Å². The Hall–Kier alpha value is -2.81. The average molecular weight is 455 g/mol. The van der Waals surface area contributed by atoms with E-state index in [-0.39, 0.29) is 36.1 Å². The predicted molar refractivity (Wildman–Crippen MR) is 104 cm³/mol. The molecule has 32 heavy (non-hydrogen) atoms. The molecule has 0 bridgehead atoms. The maximum absolute atomic E-state index is 13.1. The van der Waals surface area contributed by atoms with Crippen molar-refractivity contribution >= 4 is 23.6 Å². The second kappa shape index (κ2) is 8.97. The molecule has 12 heteroatoms. The number of fused-ring (bicyclic) bond motifs is 1. The molecule has 0 aromatic rings. The lowest BCUT2D eigenvalue weighted by atomic mass is 9.91. The minimum absolute atomic E-state index is 0.0511. The van der Waals surface area contributed by atoms with Crippen molar-refractivity contribution in [2.45, 2.75) is 57.8 Å². The SMILES string of the molecule is CC1(C)[C@@H]2[C@@H](C(=O)N[C@@H](C#N)C[C@@H]3CCCNC3=O)N(C(=O)[C@H](O)NC(=O)C(F)F)C[C@@H]21. The van der Waals surface area contributed by atoms with Gasteiger partial charge >= 0.3 is 6.43 Å². The highest BCUT2D eigenvalue weighted by atomic mass is 19.3. The van der Waals surface area contributed by atoms with Crippen molar-refractivity contribution in [2.24, 2.45) is 23.2 Å². The number of likely N-dealkylation sites (tertiary alicyclic amines) is 1. The number of hydrogen-bond acceptors (Lipinski definition) is 6. The molecule has 0 aromatic heterocycles. The smallest absolute Gasteiger partial charge is 0.315 e. The van der Waals surface area contributed by atoms with E-state index < -0.39 is 48.4 Å². The lowest BCUT2D eigenvalue weighted by Gasteiger charge is -2.32. The van der Waals surface area contributed by atoms with Gasteiger partial charge in [0.2, 0.25) is 18.0 Å². The number of nitrogens with zero attached hydrogens (tertiary/aromatic N) is 2. The molecule has 6 atom stereocenters. The second-order valence-corrected chi connectivity index (χ2v) is 9.16. The van der Waals surface area contributed by atoms with Gasteiger partial charge in [0.05, 0.1) is 6.07 Å². The fourth-order valence-corrected chi connectivity index (χ4v) is 4.98. The number of halogens is 2. The topological polar surface area (TPSA) is 152 Å². The monoisotopic (exact) mass is 455 g/mol. The van der Waals surface area contributed by atoms with E-state index in [1.165, 1.54) is 5.32 Å². The zero-order valence-electron chi connectivity index (χ0n) is 17.8. The van der Waals surface area contributed by atoms with Crippen LogP contribution in [0.5, 0.6) is 0 Å². The molecule has 3 rings (SSSR count). The van der Waals surface area contributed by atoms with Gasteiger partial charge in [-0.05, 0) is 36.5 Å². The van der Waals surface area contributed by atoms with Gasteiger partial charge in [-0.15, -0.1) is 0 Å². The number of aliphatic hydroxyl groups is 1. The number of carbonyl (C=O) groups is 4. The van der Waals surface area contributed by atoms with Crippen LogP contribution < -0.4 is 16.0 Å². The number of amides is 4. The quantitative estimate of drug-likeness (QED) is 0.365. The highest BCUT2D eigenvalue weighted by molar-refractivity contribution is 5.93. The molecule has 176 valence electrons.